The number of ether oxygens (including phenoxy) is 3. The van der Waals surface area contributed by atoms with Crippen LogP contribution < -0.4 is 19.6 Å². The van der Waals surface area contributed by atoms with E-state index >= 15 is 0 Å². The summed E-state index contributed by atoms with van der Waals surface area (Å²) in [5.41, 5.74) is 3.44. The molecule has 0 unspecified atom stereocenters. The van der Waals surface area contributed by atoms with Crippen LogP contribution in [0.5, 0.6) is 17.2 Å². The lowest BCUT2D eigenvalue weighted by Gasteiger charge is -2.07. The van der Waals surface area contributed by atoms with Crippen LogP contribution in [0.1, 0.15) is 15.9 Å². The number of nitrogens with one attached hydrogen (secondary N) is 1. The normalized spacial score (nSPS) is 10.6. The number of hydrogen-bond acceptors (Lipinski definition) is 6. The molecular formula is C23H18Cl2N2O5. The quantitative estimate of drug-likeness (QED) is 0.221. The Kier molecular flexibility index (Phi) is 8.08. The molecule has 0 fully saturated rings. The van der Waals surface area contributed by atoms with Crippen molar-refractivity contribution in [3.8, 4) is 17.2 Å². The first kappa shape index (κ1) is 23.1. The number of hydrazone groups is 1. The summed E-state index contributed by atoms with van der Waals surface area (Å²) < 4.78 is 15.7. The number of halogens is 2. The number of rotatable bonds is 8. The van der Waals surface area contributed by atoms with Gasteiger partial charge in [0.05, 0.1) is 23.9 Å². The van der Waals surface area contributed by atoms with Gasteiger partial charge in [-0.25, -0.2) is 10.2 Å². The molecule has 3 aromatic rings. The molecule has 0 saturated carbocycles. The zero-order chi connectivity index (χ0) is 22.9. The van der Waals surface area contributed by atoms with Gasteiger partial charge in [0, 0.05) is 0 Å². The first-order valence-corrected chi connectivity index (χ1v) is 10.1. The summed E-state index contributed by atoms with van der Waals surface area (Å²) in [6.45, 7) is -0.280. The van der Waals surface area contributed by atoms with E-state index in [4.69, 9.17) is 37.4 Å². The van der Waals surface area contributed by atoms with Gasteiger partial charge >= 0.3 is 5.97 Å². The standard InChI is InChI=1S/C23H18Cl2N2O5/c1-30-17-11-7-16(8-12-17)23(29)32-18-9-5-15(6-10-18)13-26-27-21(28)14-31-20-4-2-3-19(24)22(20)25/h2-13H,14H2,1H3,(H,27,28). The SMILES string of the molecule is COc1ccc(C(=O)Oc2ccc(C=NNC(=O)COc3cccc(Cl)c3Cl)cc2)cc1. The lowest BCUT2D eigenvalue weighted by molar-refractivity contribution is -0.123. The minimum atomic E-state index is -0.485. The Balaban J connectivity index is 1.47. The summed E-state index contributed by atoms with van der Waals surface area (Å²) in [6.07, 6.45) is 1.44. The molecular weight excluding hydrogens is 455 g/mol. The van der Waals surface area contributed by atoms with Crippen molar-refractivity contribution in [3.63, 3.8) is 0 Å². The second-order valence-corrected chi connectivity index (χ2v) is 7.11. The maximum Gasteiger partial charge on any atom is 0.343 e. The van der Waals surface area contributed by atoms with Crippen LogP contribution in [-0.2, 0) is 4.79 Å². The van der Waals surface area contributed by atoms with E-state index in [1.165, 1.54) is 6.21 Å². The molecule has 1 amide bonds. The van der Waals surface area contributed by atoms with Crippen LogP contribution in [-0.4, -0.2) is 31.8 Å². The van der Waals surface area contributed by atoms with Crippen LogP contribution in [0.15, 0.2) is 71.8 Å². The lowest BCUT2D eigenvalue weighted by Crippen LogP contribution is -2.24. The second kappa shape index (κ2) is 11.2. The lowest BCUT2D eigenvalue weighted by atomic mass is 10.2. The highest BCUT2D eigenvalue weighted by molar-refractivity contribution is 6.42. The van der Waals surface area contributed by atoms with Gasteiger partial charge in [-0.3, -0.25) is 4.79 Å². The first-order chi connectivity index (χ1) is 15.5. The molecule has 1 N–H and O–H groups in total. The van der Waals surface area contributed by atoms with Gasteiger partial charge in [-0.05, 0) is 66.2 Å². The van der Waals surface area contributed by atoms with Crippen molar-refractivity contribution in [1.82, 2.24) is 5.43 Å². The predicted octanol–water partition coefficient (Wildman–Crippen LogP) is 4.75. The van der Waals surface area contributed by atoms with E-state index in [2.05, 4.69) is 10.5 Å². The summed E-state index contributed by atoms with van der Waals surface area (Å²) in [5.74, 6) is 0.373. The Morgan fingerprint density at radius 1 is 0.969 bits per heavy atom. The van der Waals surface area contributed by atoms with E-state index in [1.807, 2.05) is 0 Å². The van der Waals surface area contributed by atoms with Gasteiger partial charge < -0.3 is 14.2 Å². The van der Waals surface area contributed by atoms with Crippen molar-refractivity contribution >= 4 is 41.3 Å². The number of methoxy groups -OCH3 is 1. The molecule has 164 valence electrons. The molecule has 7 nitrogen and oxygen atoms in total. The molecule has 9 heteroatoms. The Labute approximate surface area is 194 Å². The molecule has 0 aliphatic heterocycles. The number of hydrogen-bond donors (Lipinski definition) is 1. The highest BCUT2D eigenvalue weighted by atomic mass is 35.5. The van der Waals surface area contributed by atoms with E-state index in [9.17, 15) is 9.59 Å². The minimum Gasteiger partial charge on any atom is -0.497 e. The summed E-state index contributed by atoms with van der Waals surface area (Å²) >= 11 is 11.9. The van der Waals surface area contributed by atoms with E-state index in [0.29, 0.717) is 33.4 Å². The molecule has 0 bridgehead atoms. The minimum absolute atomic E-state index is 0.234. The average molecular weight is 473 g/mol. The third-order valence-corrected chi connectivity index (χ3v) is 4.90. The smallest absolute Gasteiger partial charge is 0.343 e. The first-order valence-electron chi connectivity index (χ1n) is 9.31. The molecule has 0 saturated heterocycles. The number of benzene rings is 3. The number of esters is 1. The molecule has 32 heavy (non-hydrogen) atoms. The number of carbonyl (C=O) groups excluding carboxylic acids is 2. The van der Waals surface area contributed by atoms with Crippen molar-refractivity contribution in [2.75, 3.05) is 13.7 Å². The maximum atomic E-state index is 12.2. The van der Waals surface area contributed by atoms with Crippen LogP contribution in [0.4, 0.5) is 0 Å². The van der Waals surface area contributed by atoms with Crippen molar-refractivity contribution in [1.29, 1.82) is 0 Å². The summed E-state index contributed by atoms with van der Waals surface area (Å²) in [5, 5.41) is 4.43. The summed E-state index contributed by atoms with van der Waals surface area (Å²) in [6, 6.07) is 18.1. The van der Waals surface area contributed by atoms with Crippen LogP contribution in [0.3, 0.4) is 0 Å². The Morgan fingerprint density at radius 2 is 1.66 bits per heavy atom. The van der Waals surface area contributed by atoms with Crippen molar-refractivity contribution in [2.24, 2.45) is 5.10 Å². The highest BCUT2D eigenvalue weighted by Gasteiger charge is 2.09. The Morgan fingerprint density at radius 3 is 2.34 bits per heavy atom. The van der Waals surface area contributed by atoms with Crippen molar-refractivity contribution in [3.05, 3.63) is 87.9 Å². The fourth-order valence-electron chi connectivity index (χ4n) is 2.46. The number of amides is 1. The van der Waals surface area contributed by atoms with Crippen LogP contribution >= 0.6 is 23.2 Å². The van der Waals surface area contributed by atoms with Gasteiger partial charge in [0.15, 0.2) is 6.61 Å². The predicted molar refractivity (Wildman–Crippen MR) is 122 cm³/mol. The molecule has 0 heterocycles. The van der Waals surface area contributed by atoms with E-state index in [-0.39, 0.29) is 11.6 Å². The second-order valence-electron chi connectivity index (χ2n) is 6.32. The van der Waals surface area contributed by atoms with Gasteiger partial charge in [0.2, 0.25) is 0 Å². The average Bonchev–Trinajstić information content (AvgIpc) is 2.81. The molecule has 0 radical (unpaired) electrons. The Hall–Kier alpha value is -3.55. The monoisotopic (exact) mass is 472 g/mol. The summed E-state index contributed by atoms with van der Waals surface area (Å²) in [4.78, 5) is 24.0. The molecule has 0 aromatic heterocycles. The number of nitrogens with zero attached hydrogens (tertiary/aromatic N) is 1. The highest BCUT2D eigenvalue weighted by Crippen LogP contribution is 2.31. The van der Waals surface area contributed by atoms with Gasteiger partial charge in [-0.1, -0.05) is 29.3 Å². The van der Waals surface area contributed by atoms with Crippen LogP contribution in [0, 0.1) is 0 Å². The van der Waals surface area contributed by atoms with Gasteiger partial charge in [0.1, 0.15) is 22.3 Å². The van der Waals surface area contributed by atoms with Gasteiger partial charge in [-0.15, -0.1) is 0 Å². The zero-order valence-electron chi connectivity index (χ0n) is 16.9. The molecule has 0 spiro atoms. The van der Waals surface area contributed by atoms with Crippen LogP contribution in [0.25, 0.3) is 0 Å². The van der Waals surface area contributed by atoms with E-state index in [0.717, 1.165) is 0 Å². The molecule has 3 rings (SSSR count). The molecule has 0 aliphatic rings. The molecule has 0 aliphatic carbocycles. The van der Waals surface area contributed by atoms with Gasteiger partial charge in [0.25, 0.3) is 5.91 Å². The van der Waals surface area contributed by atoms with E-state index < -0.39 is 11.9 Å². The topological polar surface area (TPSA) is 86.2 Å². The third kappa shape index (κ3) is 6.47. The zero-order valence-corrected chi connectivity index (χ0v) is 18.4. The third-order valence-electron chi connectivity index (χ3n) is 4.09. The fraction of sp³-hybridized carbons (Fsp3) is 0.0870. The van der Waals surface area contributed by atoms with Crippen LogP contribution in [0.2, 0.25) is 10.0 Å². The van der Waals surface area contributed by atoms with E-state index in [1.54, 1.807) is 73.8 Å². The summed E-state index contributed by atoms with van der Waals surface area (Å²) in [7, 11) is 1.55. The maximum absolute atomic E-state index is 12.2. The van der Waals surface area contributed by atoms with Gasteiger partial charge in [-0.2, -0.15) is 5.10 Å². The number of carbonyl (C=O) groups is 2. The van der Waals surface area contributed by atoms with Crippen molar-refractivity contribution < 1.29 is 23.8 Å². The largest absolute Gasteiger partial charge is 0.497 e. The molecule has 0 atom stereocenters. The fourth-order valence-corrected chi connectivity index (χ4v) is 2.81. The molecule has 3 aromatic carbocycles. The Bertz CT molecular complexity index is 1120. The van der Waals surface area contributed by atoms with Crippen molar-refractivity contribution in [2.45, 2.75) is 0 Å².